The van der Waals surface area contributed by atoms with Crippen molar-refractivity contribution in [3.8, 4) is 11.8 Å². The van der Waals surface area contributed by atoms with Gasteiger partial charge >= 0.3 is 0 Å². The Hall–Kier alpha value is -1.57. The van der Waals surface area contributed by atoms with Crippen molar-refractivity contribution in [1.29, 1.82) is 5.26 Å². The van der Waals surface area contributed by atoms with Gasteiger partial charge in [-0.2, -0.15) is 5.26 Å². The van der Waals surface area contributed by atoms with Gasteiger partial charge in [-0.1, -0.05) is 12.5 Å². The minimum atomic E-state index is 0.660. The highest BCUT2D eigenvalue weighted by molar-refractivity contribution is 5.36. The van der Waals surface area contributed by atoms with Gasteiger partial charge in [0.1, 0.15) is 5.75 Å². The summed E-state index contributed by atoms with van der Waals surface area (Å²) in [6, 6.07) is 10.4. The van der Waals surface area contributed by atoms with Gasteiger partial charge in [-0.15, -0.1) is 0 Å². The lowest BCUT2D eigenvalue weighted by Gasteiger charge is -2.44. The Morgan fingerprint density at radius 1 is 1.17 bits per heavy atom. The molecule has 23 heavy (non-hydrogen) atoms. The van der Waals surface area contributed by atoms with Crippen LogP contribution in [0.5, 0.6) is 5.75 Å². The first-order valence-corrected chi connectivity index (χ1v) is 8.94. The summed E-state index contributed by atoms with van der Waals surface area (Å²) in [5, 5.41) is 8.88. The van der Waals surface area contributed by atoms with Crippen LogP contribution in [0.3, 0.4) is 0 Å². The van der Waals surface area contributed by atoms with E-state index >= 15 is 0 Å². The maximum Gasteiger partial charge on any atom is 0.120 e. The van der Waals surface area contributed by atoms with Crippen molar-refractivity contribution in [2.24, 2.45) is 0 Å². The minimum Gasteiger partial charge on any atom is -0.494 e. The van der Waals surface area contributed by atoms with Crippen molar-refractivity contribution in [1.82, 2.24) is 9.80 Å². The second-order valence-electron chi connectivity index (χ2n) is 6.68. The van der Waals surface area contributed by atoms with Crippen molar-refractivity contribution < 1.29 is 4.74 Å². The molecular weight excluding hydrogens is 286 g/mol. The van der Waals surface area contributed by atoms with Crippen LogP contribution in [-0.2, 0) is 0 Å². The van der Waals surface area contributed by atoms with Gasteiger partial charge in [0.05, 0.1) is 18.2 Å². The van der Waals surface area contributed by atoms with E-state index in [-0.39, 0.29) is 0 Å². The van der Waals surface area contributed by atoms with Crippen molar-refractivity contribution in [2.45, 2.75) is 38.1 Å². The molecule has 4 nitrogen and oxygen atoms in total. The second-order valence-corrected chi connectivity index (χ2v) is 6.68. The third-order valence-electron chi connectivity index (χ3n) is 5.02. The quantitative estimate of drug-likeness (QED) is 0.757. The lowest BCUT2D eigenvalue weighted by molar-refractivity contribution is 0.0482. The molecular formula is C19H27N3O. The third kappa shape index (κ3) is 4.70. The fraction of sp³-hybridized carbons (Fsp3) is 0.632. The highest BCUT2D eigenvalue weighted by Crippen LogP contribution is 2.21. The molecule has 0 aromatic heterocycles. The Balaban J connectivity index is 1.31. The van der Waals surface area contributed by atoms with Crippen molar-refractivity contribution in [3.05, 3.63) is 29.8 Å². The molecule has 1 unspecified atom stereocenters. The van der Waals surface area contributed by atoms with Crippen molar-refractivity contribution in [3.63, 3.8) is 0 Å². The van der Waals surface area contributed by atoms with Crippen LogP contribution in [-0.4, -0.2) is 55.2 Å². The van der Waals surface area contributed by atoms with E-state index in [0.717, 1.165) is 24.8 Å². The topological polar surface area (TPSA) is 39.5 Å². The van der Waals surface area contributed by atoms with Crippen LogP contribution in [0.1, 0.15) is 37.7 Å². The van der Waals surface area contributed by atoms with Crippen LogP contribution in [0.25, 0.3) is 0 Å². The smallest absolute Gasteiger partial charge is 0.120 e. The fourth-order valence-corrected chi connectivity index (χ4v) is 3.71. The van der Waals surface area contributed by atoms with Gasteiger partial charge in [-0.3, -0.25) is 4.90 Å². The Kier molecular flexibility index (Phi) is 5.90. The molecule has 0 spiro atoms. The first-order valence-electron chi connectivity index (χ1n) is 8.94. The number of ether oxygens (including phenoxy) is 1. The molecule has 1 atom stereocenters. The zero-order valence-electron chi connectivity index (χ0n) is 13.9. The molecule has 4 heteroatoms. The van der Waals surface area contributed by atoms with Crippen molar-refractivity contribution in [2.75, 3.05) is 39.3 Å². The van der Waals surface area contributed by atoms with E-state index in [1.807, 2.05) is 18.2 Å². The largest absolute Gasteiger partial charge is 0.494 e. The molecule has 2 aliphatic rings. The summed E-state index contributed by atoms with van der Waals surface area (Å²) in [6.45, 7) is 6.97. The summed E-state index contributed by atoms with van der Waals surface area (Å²) in [5.74, 6) is 0.805. The predicted octanol–water partition coefficient (Wildman–Crippen LogP) is 2.89. The molecule has 2 fully saturated rings. The Morgan fingerprint density at radius 2 is 2.13 bits per heavy atom. The van der Waals surface area contributed by atoms with Gasteiger partial charge in [0.2, 0.25) is 0 Å². The molecule has 0 bridgehead atoms. The molecule has 0 aliphatic carbocycles. The Bertz CT molecular complexity index is 540. The van der Waals surface area contributed by atoms with Crippen LogP contribution >= 0.6 is 0 Å². The molecule has 1 aromatic rings. The van der Waals surface area contributed by atoms with Crippen molar-refractivity contribution >= 4 is 0 Å². The number of nitrogens with zero attached hydrogens (tertiary/aromatic N) is 3. The molecule has 124 valence electrons. The number of hydrogen-bond acceptors (Lipinski definition) is 4. The molecule has 0 N–H and O–H groups in total. The molecule has 0 saturated carbocycles. The minimum absolute atomic E-state index is 0.660. The fourth-order valence-electron chi connectivity index (χ4n) is 3.71. The molecule has 2 aliphatic heterocycles. The normalized spacial score (nSPS) is 22.3. The Morgan fingerprint density at radius 3 is 3.04 bits per heavy atom. The van der Waals surface area contributed by atoms with E-state index in [2.05, 4.69) is 15.9 Å². The van der Waals surface area contributed by atoms with E-state index in [9.17, 15) is 0 Å². The van der Waals surface area contributed by atoms with Gasteiger partial charge in [0, 0.05) is 25.7 Å². The Labute approximate surface area is 139 Å². The highest BCUT2D eigenvalue weighted by atomic mass is 16.5. The number of benzene rings is 1. The highest BCUT2D eigenvalue weighted by Gasteiger charge is 2.28. The monoisotopic (exact) mass is 313 g/mol. The summed E-state index contributed by atoms with van der Waals surface area (Å²) >= 11 is 0. The van der Waals surface area contributed by atoms with Gasteiger partial charge in [0.15, 0.2) is 0 Å². The number of piperazine rings is 1. The van der Waals surface area contributed by atoms with Crippen LogP contribution in [0.4, 0.5) is 0 Å². The average Bonchev–Trinajstić information content (AvgIpc) is 2.61. The van der Waals surface area contributed by atoms with E-state index in [1.54, 1.807) is 6.07 Å². The van der Waals surface area contributed by atoms with E-state index in [0.29, 0.717) is 5.56 Å². The number of piperidine rings is 1. The van der Waals surface area contributed by atoms with Gasteiger partial charge in [0.25, 0.3) is 0 Å². The number of rotatable bonds is 6. The zero-order chi connectivity index (χ0) is 15.9. The van der Waals surface area contributed by atoms with E-state index < -0.39 is 0 Å². The number of nitriles is 1. The first kappa shape index (κ1) is 16.3. The number of fused-ring (bicyclic) bond motifs is 1. The number of hydrogen-bond donors (Lipinski definition) is 0. The van der Waals surface area contributed by atoms with Crippen LogP contribution in [0, 0.1) is 11.3 Å². The van der Waals surface area contributed by atoms with Gasteiger partial charge < -0.3 is 9.64 Å². The summed E-state index contributed by atoms with van der Waals surface area (Å²) < 4.78 is 5.75. The second kappa shape index (κ2) is 8.33. The summed E-state index contributed by atoms with van der Waals surface area (Å²) in [7, 11) is 0. The van der Waals surface area contributed by atoms with Gasteiger partial charge in [-0.05, 0) is 57.0 Å². The van der Waals surface area contributed by atoms with Crippen LogP contribution in [0.15, 0.2) is 24.3 Å². The lowest BCUT2D eigenvalue weighted by Crippen LogP contribution is -2.54. The van der Waals surface area contributed by atoms with E-state index in [4.69, 9.17) is 10.00 Å². The molecule has 1 aromatic carbocycles. The predicted molar refractivity (Wildman–Crippen MR) is 91.5 cm³/mol. The SMILES string of the molecule is N#Cc1cccc(OCCCCN2CCN3CCCCC3C2)c1. The van der Waals surface area contributed by atoms with Crippen LogP contribution < -0.4 is 4.74 Å². The average molecular weight is 313 g/mol. The van der Waals surface area contributed by atoms with Gasteiger partial charge in [-0.25, -0.2) is 0 Å². The molecule has 2 saturated heterocycles. The standard InChI is InChI=1S/C19H27N3O/c20-15-17-6-5-8-19(14-17)23-13-4-3-9-21-11-12-22-10-2-1-7-18(22)16-21/h5-6,8,14,18H,1-4,7,9-13,16H2. The number of unbranched alkanes of at least 4 members (excludes halogenated alkanes) is 1. The molecule has 2 heterocycles. The lowest BCUT2D eigenvalue weighted by atomic mass is 9.99. The molecule has 0 radical (unpaired) electrons. The maximum absolute atomic E-state index is 8.88. The summed E-state index contributed by atoms with van der Waals surface area (Å²) in [6.07, 6.45) is 6.44. The maximum atomic E-state index is 8.88. The zero-order valence-corrected chi connectivity index (χ0v) is 13.9. The molecule has 3 rings (SSSR count). The van der Waals surface area contributed by atoms with E-state index in [1.165, 1.54) is 58.4 Å². The van der Waals surface area contributed by atoms with Crippen LogP contribution in [0.2, 0.25) is 0 Å². The first-order chi connectivity index (χ1) is 11.3. The summed E-state index contributed by atoms with van der Waals surface area (Å²) in [4.78, 5) is 5.31. The molecule has 0 amide bonds. The third-order valence-corrected chi connectivity index (χ3v) is 5.02. The summed E-state index contributed by atoms with van der Waals surface area (Å²) in [5.41, 5.74) is 0.660.